The molecule has 1 N–H and O–H groups in total. The molecule has 0 spiro atoms. The molecule has 0 saturated carbocycles. The van der Waals surface area contributed by atoms with Crippen molar-refractivity contribution in [2.45, 2.75) is 26.7 Å². The molecule has 1 fully saturated rings. The fraction of sp³-hybridized carbons (Fsp3) is 0.348. The van der Waals surface area contributed by atoms with Crippen LogP contribution in [0.4, 0.5) is 15.6 Å². The molecular formula is C23H26N4O3S. The Balaban J connectivity index is 1.37. The van der Waals surface area contributed by atoms with Crippen molar-refractivity contribution in [3.63, 3.8) is 0 Å². The van der Waals surface area contributed by atoms with Crippen LogP contribution in [0.25, 0.3) is 10.2 Å². The molecule has 3 amide bonds. The molecule has 1 aromatic heterocycles. The summed E-state index contributed by atoms with van der Waals surface area (Å²) in [4.78, 5) is 33.1. The van der Waals surface area contributed by atoms with Crippen LogP contribution in [-0.4, -0.2) is 48.1 Å². The van der Waals surface area contributed by atoms with Crippen molar-refractivity contribution in [3.8, 4) is 5.75 Å². The van der Waals surface area contributed by atoms with Crippen LogP contribution in [0.3, 0.4) is 0 Å². The average Bonchev–Trinajstić information content (AvgIpc) is 3.31. The molecule has 7 nitrogen and oxygen atoms in total. The molecule has 0 atom stereocenters. The zero-order chi connectivity index (χ0) is 22.0. The van der Waals surface area contributed by atoms with Crippen molar-refractivity contribution in [1.82, 2.24) is 9.88 Å². The van der Waals surface area contributed by atoms with Gasteiger partial charge in [-0.25, -0.2) is 9.78 Å². The molecule has 2 aromatic carbocycles. The lowest BCUT2D eigenvalue weighted by Crippen LogP contribution is -2.37. The lowest BCUT2D eigenvalue weighted by molar-refractivity contribution is -0.116. The van der Waals surface area contributed by atoms with Gasteiger partial charge in [-0.3, -0.25) is 9.69 Å². The number of benzene rings is 2. The minimum Gasteiger partial charge on any atom is -0.494 e. The van der Waals surface area contributed by atoms with Crippen molar-refractivity contribution in [2.75, 3.05) is 36.5 Å². The first-order valence-corrected chi connectivity index (χ1v) is 11.3. The highest BCUT2D eigenvalue weighted by molar-refractivity contribution is 7.22. The van der Waals surface area contributed by atoms with Gasteiger partial charge < -0.3 is 15.0 Å². The van der Waals surface area contributed by atoms with Gasteiger partial charge in [0.1, 0.15) is 12.3 Å². The zero-order valence-electron chi connectivity index (χ0n) is 17.9. The third-order valence-electron chi connectivity index (χ3n) is 5.22. The number of hydrogen-bond acceptors (Lipinski definition) is 5. The number of amides is 3. The SMILES string of the molecule is CCOc1ccc2nc(NC(=O)CN3CCN(c4ccc(C(C)C)cc4)C3=O)sc2c1. The minimum absolute atomic E-state index is 0.000464. The maximum atomic E-state index is 12.8. The van der Waals surface area contributed by atoms with Gasteiger partial charge in [-0.1, -0.05) is 37.3 Å². The van der Waals surface area contributed by atoms with E-state index < -0.39 is 0 Å². The number of fused-ring (bicyclic) bond motifs is 1. The van der Waals surface area contributed by atoms with Crippen LogP contribution >= 0.6 is 11.3 Å². The van der Waals surface area contributed by atoms with Crippen molar-refractivity contribution >= 4 is 44.3 Å². The summed E-state index contributed by atoms with van der Waals surface area (Å²) in [5.41, 5.74) is 2.89. The summed E-state index contributed by atoms with van der Waals surface area (Å²) in [6.07, 6.45) is 0. The number of nitrogens with one attached hydrogen (secondary N) is 1. The van der Waals surface area contributed by atoms with Gasteiger partial charge in [0.25, 0.3) is 0 Å². The number of urea groups is 1. The van der Waals surface area contributed by atoms with Crippen LogP contribution in [0.5, 0.6) is 5.75 Å². The van der Waals surface area contributed by atoms with E-state index in [9.17, 15) is 9.59 Å². The lowest BCUT2D eigenvalue weighted by Gasteiger charge is -2.19. The Hall–Kier alpha value is -3.13. The van der Waals surface area contributed by atoms with E-state index in [0.717, 1.165) is 21.7 Å². The highest BCUT2D eigenvalue weighted by Gasteiger charge is 2.31. The Bertz CT molecular complexity index is 1090. The number of rotatable bonds is 7. The monoisotopic (exact) mass is 438 g/mol. The van der Waals surface area contributed by atoms with Crippen molar-refractivity contribution < 1.29 is 14.3 Å². The summed E-state index contributed by atoms with van der Waals surface area (Å²) >= 11 is 1.39. The standard InChI is InChI=1S/C23H26N4O3S/c1-4-30-18-9-10-19-20(13-18)31-22(24-19)25-21(28)14-26-11-12-27(23(26)29)17-7-5-16(6-8-17)15(2)3/h5-10,13,15H,4,11-12,14H2,1-3H3,(H,24,25,28). The van der Waals surface area contributed by atoms with Crippen LogP contribution in [-0.2, 0) is 4.79 Å². The normalized spacial score (nSPS) is 14.0. The molecule has 2 heterocycles. The van der Waals surface area contributed by atoms with E-state index in [2.05, 4.69) is 24.1 Å². The maximum Gasteiger partial charge on any atom is 0.325 e. The van der Waals surface area contributed by atoms with Gasteiger partial charge in [0.15, 0.2) is 5.13 Å². The Morgan fingerprint density at radius 2 is 1.97 bits per heavy atom. The van der Waals surface area contributed by atoms with Crippen molar-refractivity contribution in [3.05, 3.63) is 48.0 Å². The van der Waals surface area contributed by atoms with E-state index in [1.807, 2.05) is 49.4 Å². The van der Waals surface area contributed by atoms with Gasteiger partial charge in [0.05, 0.1) is 16.8 Å². The van der Waals surface area contributed by atoms with Crippen molar-refractivity contribution in [1.29, 1.82) is 0 Å². The number of nitrogens with zero attached hydrogens (tertiary/aromatic N) is 3. The van der Waals surface area contributed by atoms with Crippen LogP contribution in [0.1, 0.15) is 32.3 Å². The van der Waals surface area contributed by atoms with Crippen LogP contribution in [0.15, 0.2) is 42.5 Å². The summed E-state index contributed by atoms with van der Waals surface area (Å²) in [6, 6.07) is 13.5. The third kappa shape index (κ3) is 4.64. The van der Waals surface area contributed by atoms with Gasteiger partial charge >= 0.3 is 6.03 Å². The Morgan fingerprint density at radius 3 is 2.68 bits per heavy atom. The summed E-state index contributed by atoms with van der Waals surface area (Å²) in [6.45, 7) is 7.88. The number of aromatic nitrogens is 1. The fourth-order valence-corrected chi connectivity index (χ4v) is 4.47. The topological polar surface area (TPSA) is 74.8 Å². The summed E-state index contributed by atoms with van der Waals surface area (Å²) < 4.78 is 6.45. The highest BCUT2D eigenvalue weighted by atomic mass is 32.1. The molecule has 0 unspecified atom stereocenters. The first kappa shape index (κ1) is 21.1. The first-order valence-electron chi connectivity index (χ1n) is 10.4. The molecule has 0 radical (unpaired) electrons. The Morgan fingerprint density at radius 1 is 1.19 bits per heavy atom. The molecule has 4 rings (SSSR count). The molecule has 0 bridgehead atoms. The molecule has 1 aliphatic rings. The number of ether oxygens (including phenoxy) is 1. The fourth-order valence-electron chi connectivity index (χ4n) is 3.56. The summed E-state index contributed by atoms with van der Waals surface area (Å²) in [7, 11) is 0. The molecular weight excluding hydrogens is 412 g/mol. The predicted molar refractivity (Wildman–Crippen MR) is 124 cm³/mol. The molecule has 3 aromatic rings. The first-order chi connectivity index (χ1) is 14.9. The molecule has 31 heavy (non-hydrogen) atoms. The third-order valence-corrected chi connectivity index (χ3v) is 6.15. The van der Waals surface area contributed by atoms with E-state index in [1.165, 1.54) is 16.9 Å². The number of carbonyl (C=O) groups is 2. The van der Waals surface area contributed by atoms with Crippen LogP contribution in [0.2, 0.25) is 0 Å². The Kier molecular flexibility index (Phi) is 6.08. The van der Waals surface area contributed by atoms with Crippen LogP contribution in [0, 0.1) is 0 Å². The van der Waals surface area contributed by atoms with Crippen molar-refractivity contribution in [2.24, 2.45) is 0 Å². The van der Waals surface area contributed by atoms with Gasteiger partial charge in [-0.05, 0) is 48.7 Å². The van der Waals surface area contributed by atoms with Gasteiger partial charge in [0, 0.05) is 18.8 Å². The molecule has 1 aliphatic heterocycles. The molecule has 0 aliphatic carbocycles. The summed E-state index contributed by atoms with van der Waals surface area (Å²) in [5, 5.41) is 3.34. The average molecular weight is 439 g/mol. The molecule has 162 valence electrons. The van der Waals surface area contributed by atoms with E-state index in [4.69, 9.17) is 4.74 Å². The molecule has 1 saturated heterocycles. The smallest absolute Gasteiger partial charge is 0.325 e. The zero-order valence-corrected chi connectivity index (χ0v) is 18.7. The Labute approximate surface area is 185 Å². The minimum atomic E-state index is -0.255. The lowest BCUT2D eigenvalue weighted by atomic mass is 10.0. The number of anilines is 2. The second kappa shape index (κ2) is 8.93. The molecule has 8 heteroatoms. The van der Waals surface area contributed by atoms with Gasteiger partial charge in [-0.2, -0.15) is 0 Å². The second-order valence-electron chi connectivity index (χ2n) is 7.73. The maximum absolute atomic E-state index is 12.8. The predicted octanol–water partition coefficient (Wildman–Crippen LogP) is 4.70. The van der Waals surface area contributed by atoms with E-state index >= 15 is 0 Å². The summed E-state index contributed by atoms with van der Waals surface area (Å²) in [5.74, 6) is 0.965. The van der Waals surface area contributed by atoms with E-state index in [1.54, 1.807) is 9.80 Å². The van der Waals surface area contributed by atoms with E-state index in [0.29, 0.717) is 30.7 Å². The largest absolute Gasteiger partial charge is 0.494 e. The highest BCUT2D eigenvalue weighted by Crippen LogP contribution is 2.29. The second-order valence-corrected chi connectivity index (χ2v) is 8.76. The van der Waals surface area contributed by atoms with E-state index in [-0.39, 0.29) is 18.5 Å². The number of thiazole rings is 1. The van der Waals surface area contributed by atoms with Gasteiger partial charge in [0.2, 0.25) is 5.91 Å². The quantitative estimate of drug-likeness (QED) is 0.580. The van der Waals surface area contributed by atoms with Gasteiger partial charge in [-0.15, -0.1) is 0 Å². The number of hydrogen-bond donors (Lipinski definition) is 1. The number of carbonyl (C=O) groups excluding carboxylic acids is 2. The van der Waals surface area contributed by atoms with Crippen LogP contribution < -0.4 is 15.0 Å².